The monoisotopic (exact) mass is 668 g/mol. The van der Waals surface area contributed by atoms with E-state index in [2.05, 4.69) is 27.7 Å². The quantitative estimate of drug-likeness (QED) is 0.159. The fraction of sp³-hybridized carbons (Fsp3) is 0.382. The minimum atomic E-state index is -4.51. The Kier molecular flexibility index (Phi) is 7.74. The molecule has 3 aliphatic heterocycles. The Bertz CT molecular complexity index is 1990. The van der Waals surface area contributed by atoms with Gasteiger partial charge in [0.2, 0.25) is 11.1 Å². The second-order valence-corrected chi connectivity index (χ2v) is 16.8. The number of benzene rings is 2. The summed E-state index contributed by atoms with van der Waals surface area (Å²) in [6.07, 6.45) is 10.3. The molecule has 2 unspecified atom stereocenters. The number of allylic oxidation sites excluding steroid dienone is 8. The SMILES string of the molecule is CC1(C)C(/C=C/C2=C(Cl)C(=C/C=C3\C(C)(C)c4ccccc4[N+]34CC4S(=O)(=O)[O-])/CCC2)=[N+](CCS(=O)(=O)[O-])c2ccccc21. The van der Waals surface area contributed by atoms with Crippen LogP contribution in [0.3, 0.4) is 0 Å². The lowest BCUT2D eigenvalue weighted by atomic mass is 9.81. The Balaban J connectivity index is 1.38. The molecule has 0 radical (unpaired) electrons. The van der Waals surface area contributed by atoms with Crippen LogP contribution in [0.15, 0.2) is 94.7 Å². The molecule has 0 N–H and O–H groups in total. The molecule has 8 nitrogen and oxygen atoms in total. The molecule has 45 heavy (non-hydrogen) atoms. The molecule has 6 rings (SSSR count). The minimum absolute atomic E-state index is 0.0375. The fourth-order valence-electron chi connectivity index (χ4n) is 7.63. The van der Waals surface area contributed by atoms with Gasteiger partial charge in [-0.05, 0) is 70.2 Å². The summed E-state index contributed by atoms with van der Waals surface area (Å²) in [4.78, 5) is 0. The van der Waals surface area contributed by atoms with Gasteiger partial charge in [-0.1, -0.05) is 60.2 Å². The van der Waals surface area contributed by atoms with Crippen LogP contribution < -0.4 is 4.48 Å². The van der Waals surface area contributed by atoms with Crippen molar-refractivity contribution in [2.45, 2.75) is 63.2 Å². The molecule has 0 bridgehead atoms. The largest absolute Gasteiger partial charge is 0.748 e. The van der Waals surface area contributed by atoms with E-state index >= 15 is 0 Å². The first-order chi connectivity index (χ1) is 21.0. The van der Waals surface area contributed by atoms with Crippen LogP contribution in [0.4, 0.5) is 11.4 Å². The lowest BCUT2D eigenvalue weighted by Gasteiger charge is -2.23. The molecule has 2 aromatic rings. The molecule has 0 amide bonds. The van der Waals surface area contributed by atoms with Crippen LogP contribution in [0, 0.1) is 0 Å². The second kappa shape index (κ2) is 10.9. The van der Waals surface area contributed by atoms with E-state index in [1.165, 1.54) is 0 Å². The van der Waals surface area contributed by atoms with Crippen molar-refractivity contribution in [2.24, 2.45) is 0 Å². The lowest BCUT2D eigenvalue weighted by molar-refractivity contribution is -0.432. The summed E-state index contributed by atoms with van der Waals surface area (Å²) in [5.74, 6) is -0.505. The molecule has 1 fully saturated rings. The molecular formula is C34H37ClN2O6S2. The molecular weight excluding hydrogens is 632 g/mol. The first-order valence-corrected chi connectivity index (χ1v) is 18.5. The summed E-state index contributed by atoms with van der Waals surface area (Å²) in [5.41, 5.74) is 6.50. The molecule has 238 valence electrons. The van der Waals surface area contributed by atoms with Gasteiger partial charge in [0.05, 0.1) is 16.6 Å². The lowest BCUT2D eigenvalue weighted by Crippen LogP contribution is -2.33. The highest BCUT2D eigenvalue weighted by atomic mass is 35.5. The number of quaternary nitrogens is 1. The normalized spacial score (nSPS) is 27.2. The summed E-state index contributed by atoms with van der Waals surface area (Å²) in [6.45, 7) is 8.55. The minimum Gasteiger partial charge on any atom is -0.748 e. The van der Waals surface area contributed by atoms with Crippen molar-refractivity contribution in [3.8, 4) is 0 Å². The van der Waals surface area contributed by atoms with Crippen LogP contribution in [-0.4, -0.2) is 60.4 Å². The highest BCUT2D eigenvalue weighted by Gasteiger charge is 2.71. The first-order valence-electron chi connectivity index (χ1n) is 15.1. The predicted molar refractivity (Wildman–Crippen MR) is 175 cm³/mol. The van der Waals surface area contributed by atoms with Crippen molar-refractivity contribution in [3.05, 3.63) is 106 Å². The summed E-state index contributed by atoms with van der Waals surface area (Å²) in [7, 11) is -8.92. The van der Waals surface area contributed by atoms with Crippen molar-refractivity contribution >= 4 is 48.9 Å². The average Bonchev–Trinajstić information content (AvgIpc) is 3.64. The number of rotatable bonds is 7. The number of halogens is 1. The third-order valence-corrected chi connectivity index (χ3v) is 12.3. The maximum atomic E-state index is 12.2. The van der Waals surface area contributed by atoms with Crippen LogP contribution in [0.5, 0.6) is 0 Å². The molecule has 0 saturated carbocycles. The molecule has 4 aliphatic rings. The highest BCUT2D eigenvalue weighted by molar-refractivity contribution is 7.86. The highest BCUT2D eigenvalue weighted by Crippen LogP contribution is 2.60. The molecule has 1 aliphatic carbocycles. The Morgan fingerprint density at radius 3 is 2.24 bits per heavy atom. The van der Waals surface area contributed by atoms with Crippen molar-refractivity contribution in [2.75, 3.05) is 18.8 Å². The van der Waals surface area contributed by atoms with Crippen LogP contribution >= 0.6 is 11.6 Å². The first kappa shape index (κ1) is 32.1. The van der Waals surface area contributed by atoms with Crippen molar-refractivity contribution < 1.29 is 30.5 Å². The van der Waals surface area contributed by atoms with Crippen molar-refractivity contribution in [1.29, 1.82) is 0 Å². The van der Waals surface area contributed by atoms with Crippen LogP contribution in [-0.2, 0) is 31.1 Å². The van der Waals surface area contributed by atoms with Gasteiger partial charge in [-0.2, -0.15) is 4.58 Å². The number of hydrogen-bond donors (Lipinski definition) is 0. The van der Waals surface area contributed by atoms with E-state index in [0.29, 0.717) is 5.03 Å². The van der Waals surface area contributed by atoms with E-state index in [-0.39, 0.29) is 17.6 Å². The predicted octanol–water partition coefficient (Wildman–Crippen LogP) is 5.83. The zero-order valence-electron chi connectivity index (χ0n) is 25.8. The summed E-state index contributed by atoms with van der Waals surface area (Å²) >= 11 is 7.02. The molecule has 1 saturated heterocycles. The number of para-hydroxylation sites is 2. The zero-order chi connectivity index (χ0) is 32.6. The number of nitrogens with zero attached hydrogens (tertiary/aromatic N) is 2. The third-order valence-electron chi connectivity index (χ3n) is 9.92. The zero-order valence-corrected chi connectivity index (χ0v) is 28.2. The van der Waals surface area contributed by atoms with E-state index in [1.807, 2.05) is 77.4 Å². The smallest absolute Gasteiger partial charge is 0.238 e. The molecule has 0 aromatic heterocycles. The fourth-order valence-corrected chi connectivity index (χ4v) is 9.43. The Hall–Kier alpha value is -2.86. The van der Waals surface area contributed by atoms with Gasteiger partial charge in [0.15, 0.2) is 28.9 Å². The van der Waals surface area contributed by atoms with Gasteiger partial charge in [0.25, 0.3) is 0 Å². The van der Waals surface area contributed by atoms with Crippen molar-refractivity contribution in [1.82, 2.24) is 4.48 Å². The van der Waals surface area contributed by atoms with Gasteiger partial charge < -0.3 is 9.11 Å². The van der Waals surface area contributed by atoms with Gasteiger partial charge >= 0.3 is 0 Å². The van der Waals surface area contributed by atoms with E-state index in [4.69, 9.17) is 11.6 Å². The van der Waals surface area contributed by atoms with E-state index < -0.39 is 42.2 Å². The van der Waals surface area contributed by atoms with E-state index in [1.54, 1.807) is 0 Å². The Labute approximate surface area is 270 Å². The van der Waals surface area contributed by atoms with Crippen LogP contribution in [0.1, 0.15) is 58.1 Å². The maximum absolute atomic E-state index is 12.2. The third kappa shape index (κ3) is 5.39. The number of hydrogen-bond acceptors (Lipinski definition) is 6. The van der Waals surface area contributed by atoms with E-state index in [0.717, 1.165) is 64.3 Å². The van der Waals surface area contributed by atoms with Crippen molar-refractivity contribution in [3.63, 3.8) is 0 Å². The van der Waals surface area contributed by atoms with Gasteiger partial charge in [0.1, 0.15) is 21.5 Å². The second-order valence-electron chi connectivity index (χ2n) is 13.4. The molecule has 2 atom stereocenters. The van der Waals surface area contributed by atoms with Crippen LogP contribution in [0.2, 0.25) is 0 Å². The van der Waals surface area contributed by atoms with E-state index in [9.17, 15) is 25.9 Å². The summed E-state index contributed by atoms with van der Waals surface area (Å²) < 4.78 is 73.2. The van der Waals surface area contributed by atoms with Gasteiger partial charge in [-0.25, -0.2) is 21.3 Å². The molecule has 3 heterocycles. The topological polar surface area (TPSA) is 117 Å². The standard InChI is InChI=1S/C34H37ClN2O6S2/c1-33(2)25-12-5-7-14-27(25)36(20-21-44(38,39)40)29(33)18-16-23-10-9-11-24(32(23)35)17-19-30-34(3,4)26-13-6-8-15-28(26)37(30)22-31(37)45(41,42)43/h5-8,12-19,31H,9-11,20-22H2,1-4H3/b18-16+,24-17+,30-19+. The maximum Gasteiger partial charge on any atom is 0.238 e. The molecule has 2 aromatic carbocycles. The van der Waals surface area contributed by atoms with Gasteiger partial charge in [-0.15, -0.1) is 0 Å². The molecule has 1 spiro atoms. The Morgan fingerprint density at radius 1 is 0.911 bits per heavy atom. The Morgan fingerprint density at radius 2 is 1.58 bits per heavy atom. The summed E-state index contributed by atoms with van der Waals surface area (Å²) in [5, 5.41) is -0.424. The van der Waals surface area contributed by atoms with Crippen LogP contribution in [0.25, 0.3) is 0 Å². The van der Waals surface area contributed by atoms with Gasteiger partial charge in [0, 0.05) is 28.3 Å². The average molecular weight is 669 g/mol. The van der Waals surface area contributed by atoms with Gasteiger partial charge in [-0.3, -0.25) is 0 Å². The molecule has 11 heteroatoms. The number of fused-ring (bicyclic) bond motifs is 3. The summed E-state index contributed by atoms with van der Waals surface area (Å²) in [6, 6.07) is 15.5.